The third-order valence-corrected chi connectivity index (χ3v) is 4.11. The number of nitrogens with one attached hydrogen (secondary N) is 1. The van der Waals surface area contributed by atoms with Crippen LogP contribution in [0.2, 0.25) is 8.67 Å². The van der Waals surface area contributed by atoms with Crippen LogP contribution in [0.15, 0.2) is 6.07 Å². The van der Waals surface area contributed by atoms with Crippen LogP contribution in [0.1, 0.15) is 45.2 Å². The second-order valence-electron chi connectivity index (χ2n) is 5.22. The molecule has 0 saturated heterocycles. The SMILES string of the molecule is CNC(CCC(C)(C)C)c1cc(Cl)sc1Cl. The molecule has 0 radical (unpaired) electrons. The molecule has 4 heteroatoms. The molecule has 1 atom stereocenters. The molecular formula is C12H19Cl2NS. The van der Waals surface area contributed by atoms with Crippen molar-refractivity contribution in [1.82, 2.24) is 5.32 Å². The van der Waals surface area contributed by atoms with Crippen LogP contribution in [0.5, 0.6) is 0 Å². The molecule has 1 aromatic rings. The first-order chi connectivity index (χ1) is 7.33. The first-order valence-electron chi connectivity index (χ1n) is 5.45. The van der Waals surface area contributed by atoms with Crippen molar-refractivity contribution < 1.29 is 0 Å². The van der Waals surface area contributed by atoms with Gasteiger partial charge in [0.1, 0.15) is 0 Å². The van der Waals surface area contributed by atoms with Gasteiger partial charge in [-0.2, -0.15) is 0 Å². The summed E-state index contributed by atoms with van der Waals surface area (Å²) in [6.07, 6.45) is 2.23. The fraction of sp³-hybridized carbons (Fsp3) is 0.667. The number of halogens is 2. The Hall–Kier alpha value is 0.240. The maximum absolute atomic E-state index is 6.16. The molecule has 0 amide bonds. The zero-order valence-corrected chi connectivity index (χ0v) is 12.6. The maximum Gasteiger partial charge on any atom is 0.0991 e. The van der Waals surface area contributed by atoms with E-state index in [1.807, 2.05) is 13.1 Å². The predicted octanol–water partition coefficient (Wildman–Crippen LogP) is 5.14. The minimum absolute atomic E-state index is 0.301. The maximum atomic E-state index is 6.16. The van der Waals surface area contributed by atoms with Crippen LogP contribution in [0.3, 0.4) is 0 Å². The van der Waals surface area contributed by atoms with E-state index in [2.05, 4.69) is 26.1 Å². The van der Waals surface area contributed by atoms with E-state index in [1.165, 1.54) is 11.3 Å². The van der Waals surface area contributed by atoms with Crippen molar-refractivity contribution in [2.24, 2.45) is 5.41 Å². The predicted molar refractivity (Wildman–Crippen MR) is 74.8 cm³/mol. The Morgan fingerprint density at radius 1 is 1.38 bits per heavy atom. The highest BCUT2D eigenvalue weighted by Gasteiger charge is 2.19. The molecule has 0 aliphatic heterocycles. The number of hydrogen-bond acceptors (Lipinski definition) is 2. The molecule has 92 valence electrons. The van der Waals surface area contributed by atoms with E-state index in [0.717, 1.165) is 27.1 Å². The Morgan fingerprint density at radius 3 is 2.38 bits per heavy atom. The molecule has 0 bridgehead atoms. The van der Waals surface area contributed by atoms with Crippen molar-refractivity contribution in [3.05, 3.63) is 20.3 Å². The van der Waals surface area contributed by atoms with Crippen molar-refractivity contribution in [3.8, 4) is 0 Å². The fourth-order valence-electron chi connectivity index (χ4n) is 1.62. The molecule has 1 unspecified atom stereocenters. The lowest BCUT2D eigenvalue weighted by atomic mass is 9.87. The van der Waals surface area contributed by atoms with E-state index in [-0.39, 0.29) is 0 Å². The Bertz CT molecular complexity index is 341. The van der Waals surface area contributed by atoms with Gasteiger partial charge in [-0.25, -0.2) is 0 Å². The van der Waals surface area contributed by atoms with Crippen LogP contribution in [0.4, 0.5) is 0 Å². The van der Waals surface area contributed by atoms with Gasteiger partial charge in [-0.05, 0) is 31.4 Å². The van der Waals surface area contributed by atoms with Gasteiger partial charge in [0.25, 0.3) is 0 Å². The van der Waals surface area contributed by atoms with Crippen LogP contribution in [0.25, 0.3) is 0 Å². The second kappa shape index (κ2) is 5.72. The Morgan fingerprint density at radius 2 is 2.00 bits per heavy atom. The molecular weight excluding hydrogens is 261 g/mol. The average molecular weight is 280 g/mol. The molecule has 0 aliphatic carbocycles. The average Bonchev–Trinajstić information content (AvgIpc) is 2.45. The molecule has 0 saturated carbocycles. The summed E-state index contributed by atoms with van der Waals surface area (Å²) >= 11 is 13.6. The second-order valence-corrected chi connectivity index (χ2v) is 7.51. The van der Waals surface area contributed by atoms with Gasteiger partial charge >= 0.3 is 0 Å². The van der Waals surface area contributed by atoms with E-state index in [1.54, 1.807) is 0 Å². The molecule has 1 heterocycles. The summed E-state index contributed by atoms with van der Waals surface area (Å²) in [5.41, 5.74) is 1.48. The summed E-state index contributed by atoms with van der Waals surface area (Å²) in [4.78, 5) is 0. The summed E-state index contributed by atoms with van der Waals surface area (Å²) in [7, 11) is 1.97. The Balaban J connectivity index is 2.71. The smallest absolute Gasteiger partial charge is 0.0991 e. The lowest BCUT2D eigenvalue weighted by Gasteiger charge is -2.22. The van der Waals surface area contributed by atoms with Crippen LogP contribution in [0, 0.1) is 5.41 Å². The highest BCUT2D eigenvalue weighted by Crippen LogP contribution is 2.37. The molecule has 16 heavy (non-hydrogen) atoms. The minimum atomic E-state index is 0.301. The molecule has 1 aromatic heterocycles. The van der Waals surface area contributed by atoms with E-state index in [4.69, 9.17) is 23.2 Å². The quantitative estimate of drug-likeness (QED) is 0.805. The van der Waals surface area contributed by atoms with E-state index in [0.29, 0.717) is 11.5 Å². The Kier molecular flexibility index (Phi) is 5.11. The lowest BCUT2D eigenvalue weighted by molar-refractivity contribution is 0.338. The fourth-order valence-corrected chi connectivity index (χ4v) is 3.20. The summed E-state index contributed by atoms with van der Waals surface area (Å²) in [6, 6.07) is 2.27. The van der Waals surface area contributed by atoms with E-state index < -0.39 is 0 Å². The Labute approximate surface area is 112 Å². The van der Waals surface area contributed by atoms with E-state index >= 15 is 0 Å². The molecule has 1 rings (SSSR count). The van der Waals surface area contributed by atoms with Gasteiger partial charge in [0.2, 0.25) is 0 Å². The van der Waals surface area contributed by atoms with Gasteiger partial charge in [-0.3, -0.25) is 0 Å². The van der Waals surface area contributed by atoms with Crippen molar-refractivity contribution >= 4 is 34.5 Å². The van der Waals surface area contributed by atoms with Gasteiger partial charge in [0, 0.05) is 11.6 Å². The van der Waals surface area contributed by atoms with Gasteiger partial charge < -0.3 is 5.32 Å². The summed E-state index contributed by atoms with van der Waals surface area (Å²) < 4.78 is 1.56. The summed E-state index contributed by atoms with van der Waals surface area (Å²) in [6.45, 7) is 6.76. The summed E-state index contributed by atoms with van der Waals surface area (Å²) in [5, 5.41) is 3.31. The van der Waals surface area contributed by atoms with Crippen molar-refractivity contribution in [3.63, 3.8) is 0 Å². The first-order valence-corrected chi connectivity index (χ1v) is 7.03. The highest BCUT2D eigenvalue weighted by atomic mass is 35.5. The van der Waals surface area contributed by atoms with Gasteiger partial charge in [-0.15, -0.1) is 11.3 Å². The number of thiophene rings is 1. The van der Waals surface area contributed by atoms with Crippen LogP contribution in [-0.2, 0) is 0 Å². The van der Waals surface area contributed by atoms with Gasteiger partial charge in [0.15, 0.2) is 0 Å². The monoisotopic (exact) mass is 279 g/mol. The number of hydrogen-bond donors (Lipinski definition) is 1. The highest BCUT2D eigenvalue weighted by molar-refractivity contribution is 7.20. The van der Waals surface area contributed by atoms with Crippen LogP contribution >= 0.6 is 34.5 Å². The molecule has 0 aliphatic rings. The molecule has 0 fully saturated rings. The summed E-state index contributed by atoms with van der Waals surface area (Å²) in [5.74, 6) is 0. The lowest BCUT2D eigenvalue weighted by Crippen LogP contribution is -2.18. The van der Waals surface area contributed by atoms with Crippen molar-refractivity contribution in [1.29, 1.82) is 0 Å². The molecule has 1 N–H and O–H groups in total. The zero-order valence-electron chi connectivity index (χ0n) is 10.2. The van der Waals surface area contributed by atoms with Crippen LogP contribution < -0.4 is 5.32 Å². The molecule has 0 spiro atoms. The topological polar surface area (TPSA) is 12.0 Å². The van der Waals surface area contributed by atoms with Gasteiger partial charge in [0.05, 0.1) is 8.67 Å². The first kappa shape index (κ1) is 14.3. The molecule has 1 nitrogen and oxygen atoms in total. The third-order valence-electron chi connectivity index (χ3n) is 2.59. The van der Waals surface area contributed by atoms with Crippen LogP contribution in [-0.4, -0.2) is 7.05 Å². The molecule has 0 aromatic carbocycles. The van der Waals surface area contributed by atoms with Crippen molar-refractivity contribution in [2.45, 2.75) is 39.7 Å². The third kappa shape index (κ3) is 4.25. The van der Waals surface area contributed by atoms with Gasteiger partial charge in [-0.1, -0.05) is 44.0 Å². The standard InChI is InChI=1S/C12H19Cl2NS/c1-12(2,3)6-5-9(15-4)8-7-10(13)16-11(8)14/h7,9,15H,5-6H2,1-4H3. The normalized spacial score (nSPS) is 14.1. The van der Waals surface area contributed by atoms with E-state index in [9.17, 15) is 0 Å². The zero-order chi connectivity index (χ0) is 12.3. The minimum Gasteiger partial charge on any atom is -0.313 e. The number of rotatable bonds is 4. The van der Waals surface area contributed by atoms with Crippen molar-refractivity contribution in [2.75, 3.05) is 7.05 Å². The largest absolute Gasteiger partial charge is 0.313 e.